The molecular weight excluding hydrogens is 456 g/mol. The van der Waals surface area contributed by atoms with Crippen LogP contribution in [0.25, 0.3) is 55.7 Å². The van der Waals surface area contributed by atoms with E-state index in [1.54, 1.807) is 12.1 Å². The minimum atomic E-state index is 0.151. The highest BCUT2D eigenvalue weighted by Crippen LogP contribution is 2.40. The Morgan fingerprint density at radius 1 is 0.757 bits per heavy atom. The van der Waals surface area contributed by atoms with Gasteiger partial charge in [0.2, 0.25) is 5.89 Å². The molecule has 37 heavy (non-hydrogen) atoms. The molecular formula is C33H28N2O2. The van der Waals surface area contributed by atoms with E-state index in [1.165, 1.54) is 5.56 Å². The number of benzene rings is 4. The lowest BCUT2D eigenvalue weighted by molar-refractivity contribution is 0.474. The molecule has 6 rings (SSSR count). The van der Waals surface area contributed by atoms with Gasteiger partial charge in [-0.05, 0) is 71.8 Å². The standard InChI is InChI=1S/C33H28N2O2/c1-19(2)24-12-13-27(31-32(24)37-33(35-31)28-8-5-6-11-29(28)36)23-17-20(3)16-22(18-23)26-10-7-9-25-21(4)14-15-34-30(25)26/h5-19,36H,1-4H3. The summed E-state index contributed by atoms with van der Waals surface area (Å²) in [6.07, 6.45) is 1.88. The van der Waals surface area contributed by atoms with Gasteiger partial charge in [-0.3, -0.25) is 4.98 Å². The van der Waals surface area contributed by atoms with Gasteiger partial charge in [-0.25, -0.2) is 4.98 Å². The summed E-state index contributed by atoms with van der Waals surface area (Å²) in [4.78, 5) is 9.64. The zero-order valence-corrected chi connectivity index (χ0v) is 21.4. The molecule has 0 aliphatic rings. The Labute approximate surface area is 216 Å². The Hall–Kier alpha value is -4.44. The highest BCUT2D eigenvalue weighted by molar-refractivity contribution is 5.98. The Morgan fingerprint density at radius 3 is 2.24 bits per heavy atom. The topological polar surface area (TPSA) is 59.2 Å². The van der Waals surface area contributed by atoms with E-state index in [4.69, 9.17) is 14.4 Å². The summed E-state index contributed by atoms with van der Waals surface area (Å²) < 4.78 is 6.32. The third-order valence-corrected chi connectivity index (χ3v) is 7.02. The van der Waals surface area contributed by atoms with Crippen molar-refractivity contribution in [3.63, 3.8) is 0 Å². The van der Waals surface area contributed by atoms with Gasteiger partial charge in [0.1, 0.15) is 11.3 Å². The van der Waals surface area contributed by atoms with E-state index < -0.39 is 0 Å². The van der Waals surface area contributed by atoms with E-state index in [0.29, 0.717) is 11.5 Å². The van der Waals surface area contributed by atoms with Gasteiger partial charge in [0, 0.05) is 22.7 Å². The van der Waals surface area contributed by atoms with Crippen LogP contribution in [0.5, 0.6) is 5.75 Å². The maximum absolute atomic E-state index is 10.5. The number of phenolic OH excluding ortho intramolecular Hbond substituents is 1. The first kappa shape index (κ1) is 23.0. The molecule has 2 aromatic heterocycles. The quantitative estimate of drug-likeness (QED) is 0.271. The minimum absolute atomic E-state index is 0.151. The van der Waals surface area contributed by atoms with Crippen LogP contribution in [0, 0.1) is 13.8 Å². The number of aryl methyl sites for hydroxylation is 2. The normalized spacial score (nSPS) is 11.6. The van der Waals surface area contributed by atoms with Gasteiger partial charge in [-0.1, -0.05) is 68.4 Å². The van der Waals surface area contributed by atoms with Gasteiger partial charge in [0.15, 0.2) is 5.58 Å². The number of hydrogen-bond donors (Lipinski definition) is 1. The molecule has 0 amide bonds. The number of aromatic hydroxyl groups is 1. The van der Waals surface area contributed by atoms with Gasteiger partial charge in [0.25, 0.3) is 0 Å². The van der Waals surface area contributed by atoms with Crippen LogP contribution in [0.1, 0.15) is 36.5 Å². The summed E-state index contributed by atoms with van der Waals surface area (Å²) >= 11 is 0. The zero-order valence-electron chi connectivity index (χ0n) is 21.4. The smallest absolute Gasteiger partial charge is 0.231 e. The number of pyridine rings is 1. The second-order valence-corrected chi connectivity index (χ2v) is 9.99. The molecule has 1 N–H and O–H groups in total. The van der Waals surface area contributed by atoms with E-state index in [1.807, 2.05) is 24.4 Å². The Kier molecular flexibility index (Phi) is 5.53. The van der Waals surface area contributed by atoms with Crippen LogP contribution >= 0.6 is 0 Å². The maximum atomic E-state index is 10.5. The number of oxazole rings is 1. The molecule has 4 nitrogen and oxygen atoms in total. The first-order valence-electron chi connectivity index (χ1n) is 12.6. The molecule has 6 aromatic rings. The number of nitrogens with zero attached hydrogens (tertiary/aromatic N) is 2. The largest absolute Gasteiger partial charge is 0.507 e. The minimum Gasteiger partial charge on any atom is -0.507 e. The maximum Gasteiger partial charge on any atom is 0.231 e. The number of phenols is 1. The second kappa shape index (κ2) is 8.90. The molecule has 0 unspecified atom stereocenters. The molecule has 0 aliphatic carbocycles. The van der Waals surface area contributed by atoms with Crippen LogP contribution in [0.3, 0.4) is 0 Å². The summed E-state index contributed by atoms with van der Waals surface area (Å²) in [5.74, 6) is 0.835. The average molecular weight is 485 g/mol. The third-order valence-electron chi connectivity index (χ3n) is 7.02. The second-order valence-electron chi connectivity index (χ2n) is 9.99. The fourth-order valence-electron chi connectivity index (χ4n) is 5.12. The highest BCUT2D eigenvalue weighted by Gasteiger charge is 2.20. The van der Waals surface area contributed by atoms with Gasteiger partial charge < -0.3 is 9.52 Å². The van der Waals surface area contributed by atoms with Crippen molar-refractivity contribution < 1.29 is 9.52 Å². The Bertz CT molecular complexity index is 1800. The predicted molar refractivity (Wildman–Crippen MR) is 151 cm³/mol. The van der Waals surface area contributed by atoms with Crippen molar-refractivity contribution in [2.45, 2.75) is 33.6 Å². The van der Waals surface area contributed by atoms with Crippen LogP contribution < -0.4 is 0 Å². The highest BCUT2D eigenvalue weighted by atomic mass is 16.4. The fourth-order valence-corrected chi connectivity index (χ4v) is 5.12. The molecule has 0 spiro atoms. The van der Waals surface area contributed by atoms with Crippen molar-refractivity contribution in [1.82, 2.24) is 9.97 Å². The Morgan fingerprint density at radius 2 is 1.49 bits per heavy atom. The van der Waals surface area contributed by atoms with Crippen LogP contribution in [0.2, 0.25) is 0 Å². The van der Waals surface area contributed by atoms with Crippen molar-refractivity contribution in [2.75, 3.05) is 0 Å². The molecule has 4 aromatic carbocycles. The molecule has 0 radical (unpaired) electrons. The van der Waals surface area contributed by atoms with Crippen molar-refractivity contribution in [1.29, 1.82) is 0 Å². The third kappa shape index (κ3) is 3.95. The van der Waals surface area contributed by atoms with Crippen LogP contribution in [-0.2, 0) is 0 Å². The number of rotatable bonds is 4. The van der Waals surface area contributed by atoms with Crippen molar-refractivity contribution >= 4 is 22.0 Å². The van der Waals surface area contributed by atoms with Gasteiger partial charge >= 0.3 is 0 Å². The molecule has 182 valence electrons. The lowest BCUT2D eigenvalue weighted by atomic mass is 9.92. The van der Waals surface area contributed by atoms with Gasteiger partial charge in [-0.2, -0.15) is 0 Å². The van der Waals surface area contributed by atoms with E-state index in [0.717, 1.165) is 55.4 Å². The predicted octanol–water partition coefficient (Wildman–Crippen LogP) is 8.82. The Balaban J connectivity index is 1.58. The number of para-hydroxylation sites is 2. The molecule has 0 bridgehead atoms. The van der Waals surface area contributed by atoms with Gasteiger partial charge in [-0.15, -0.1) is 0 Å². The van der Waals surface area contributed by atoms with Gasteiger partial charge in [0.05, 0.1) is 11.1 Å². The summed E-state index contributed by atoms with van der Waals surface area (Å²) in [7, 11) is 0. The first-order valence-corrected chi connectivity index (χ1v) is 12.6. The monoisotopic (exact) mass is 484 g/mol. The van der Waals surface area contributed by atoms with E-state index >= 15 is 0 Å². The number of hydrogen-bond acceptors (Lipinski definition) is 4. The summed E-state index contributed by atoms with van der Waals surface area (Å²) in [5, 5.41) is 11.6. The lowest BCUT2D eigenvalue weighted by Gasteiger charge is -2.13. The van der Waals surface area contributed by atoms with E-state index in [9.17, 15) is 5.11 Å². The number of fused-ring (bicyclic) bond motifs is 2. The molecule has 2 heterocycles. The fraction of sp³-hybridized carbons (Fsp3) is 0.152. The SMILES string of the molecule is Cc1cc(-c2cccc3c(C)ccnc23)cc(-c2ccc(C(C)C)c3oc(-c4ccccc4O)nc23)c1. The molecule has 4 heteroatoms. The number of aromatic nitrogens is 2. The van der Waals surface area contributed by atoms with Crippen LogP contribution in [0.4, 0.5) is 0 Å². The summed E-state index contributed by atoms with van der Waals surface area (Å²) in [5.41, 5.74) is 10.9. The molecule has 0 aliphatic heterocycles. The van der Waals surface area contributed by atoms with E-state index in [-0.39, 0.29) is 11.7 Å². The van der Waals surface area contributed by atoms with E-state index in [2.05, 4.69) is 76.2 Å². The first-order chi connectivity index (χ1) is 17.9. The molecule has 0 saturated heterocycles. The van der Waals surface area contributed by atoms with Crippen molar-refractivity contribution in [3.05, 3.63) is 102 Å². The van der Waals surface area contributed by atoms with Crippen LogP contribution in [0.15, 0.2) is 89.5 Å². The average Bonchev–Trinajstić information content (AvgIpc) is 3.33. The summed E-state index contributed by atoms with van der Waals surface area (Å²) in [6, 6.07) is 26.4. The zero-order chi connectivity index (χ0) is 25.7. The lowest BCUT2D eigenvalue weighted by Crippen LogP contribution is -1.92. The molecule has 0 atom stereocenters. The molecule has 0 saturated carbocycles. The van der Waals surface area contributed by atoms with Crippen molar-refractivity contribution in [2.24, 2.45) is 0 Å². The summed E-state index contributed by atoms with van der Waals surface area (Å²) in [6.45, 7) is 8.54. The van der Waals surface area contributed by atoms with Crippen molar-refractivity contribution in [3.8, 4) is 39.5 Å². The van der Waals surface area contributed by atoms with Crippen LogP contribution in [-0.4, -0.2) is 15.1 Å². The molecule has 0 fully saturated rings.